The Morgan fingerprint density at radius 1 is 1.33 bits per heavy atom. The van der Waals surface area contributed by atoms with Gasteiger partial charge in [0.2, 0.25) is 0 Å². The minimum Gasteiger partial charge on any atom is -0.466 e. The van der Waals surface area contributed by atoms with Gasteiger partial charge in [-0.05, 0) is 37.8 Å². The molecule has 0 aromatic carbocycles. The Morgan fingerprint density at radius 2 is 2.22 bits per heavy atom. The molecule has 1 aromatic rings. The Balaban J connectivity index is 1.99. The number of hydrogen-bond acceptors (Lipinski definition) is 4. The van der Waals surface area contributed by atoms with Crippen LogP contribution < -0.4 is 0 Å². The summed E-state index contributed by atoms with van der Waals surface area (Å²) in [5, 5.41) is 0. The molecule has 0 aliphatic carbocycles. The molecule has 4 heteroatoms. The fourth-order valence-electron chi connectivity index (χ4n) is 1.54. The van der Waals surface area contributed by atoms with Crippen LogP contribution in [0.4, 0.5) is 0 Å². The van der Waals surface area contributed by atoms with Gasteiger partial charge in [-0.3, -0.25) is 9.78 Å². The predicted octanol–water partition coefficient (Wildman–Crippen LogP) is 2.37. The Morgan fingerprint density at radius 3 is 2.94 bits per heavy atom. The molecule has 0 saturated carbocycles. The third-order valence-corrected chi connectivity index (χ3v) is 2.47. The van der Waals surface area contributed by atoms with Gasteiger partial charge in [-0.2, -0.15) is 0 Å². The monoisotopic (exact) mass is 251 g/mol. The number of ether oxygens (including phenoxy) is 2. The molecule has 0 fully saturated rings. The zero-order valence-corrected chi connectivity index (χ0v) is 10.9. The first-order valence-corrected chi connectivity index (χ1v) is 6.45. The molecule has 0 radical (unpaired) electrons. The van der Waals surface area contributed by atoms with E-state index in [1.54, 1.807) is 6.20 Å². The molecule has 0 N–H and O–H groups in total. The van der Waals surface area contributed by atoms with Crippen molar-refractivity contribution in [3.63, 3.8) is 0 Å². The molecule has 0 unspecified atom stereocenters. The van der Waals surface area contributed by atoms with Crippen LogP contribution in [0.15, 0.2) is 24.5 Å². The van der Waals surface area contributed by atoms with Crippen LogP contribution in [0.25, 0.3) is 0 Å². The summed E-state index contributed by atoms with van der Waals surface area (Å²) in [6.45, 7) is 3.74. The van der Waals surface area contributed by atoms with Crippen LogP contribution >= 0.6 is 0 Å². The van der Waals surface area contributed by atoms with E-state index >= 15 is 0 Å². The van der Waals surface area contributed by atoms with Crippen molar-refractivity contribution in [1.82, 2.24) is 4.98 Å². The Kier molecular flexibility index (Phi) is 7.80. The molecule has 0 spiro atoms. The van der Waals surface area contributed by atoms with Gasteiger partial charge in [0.15, 0.2) is 0 Å². The fourth-order valence-corrected chi connectivity index (χ4v) is 1.54. The van der Waals surface area contributed by atoms with Gasteiger partial charge in [-0.1, -0.05) is 6.07 Å². The smallest absolute Gasteiger partial charge is 0.305 e. The molecular weight excluding hydrogens is 230 g/mol. The van der Waals surface area contributed by atoms with Crippen molar-refractivity contribution >= 4 is 5.97 Å². The second kappa shape index (κ2) is 9.59. The number of nitrogens with zero attached hydrogens (tertiary/aromatic N) is 1. The molecule has 100 valence electrons. The van der Waals surface area contributed by atoms with E-state index in [1.807, 2.05) is 25.3 Å². The molecule has 4 nitrogen and oxygen atoms in total. The van der Waals surface area contributed by atoms with E-state index in [4.69, 9.17) is 9.47 Å². The second-order valence-electron chi connectivity index (χ2n) is 3.99. The van der Waals surface area contributed by atoms with Gasteiger partial charge in [-0.25, -0.2) is 0 Å². The van der Waals surface area contributed by atoms with Gasteiger partial charge in [-0.15, -0.1) is 0 Å². The van der Waals surface area contributed by atoms with Crippen molar-refractivity contribution in [3.05, 3.63) is 30.1 Å². The maximum atomic E-state index is 11.3. The summed E-state index contributed by atoms with van der Waals surface area (Å²) >= 11 is 0. The largest absolute Gasteiger partial charge is 0.466 e. The van der Waals surface area contributed by atoms with E-state index in [9.17, 15) is 4.79 Å². The van der Waals surface area contributed by atoms with Gasteiger partial charge < -0.3 is 9.47 Å². The summed E-state index contributed by atoms with van der Waals surface area (Å²) in [4.78, 5) is 15.4. The van der Waals surface area contributed by atoms with Crippen LogP contribution in [0.3, 0.4) is 0 Å². The lowest BCUT2D eigenvalue weighted by molar-refractivity contribution is -0.144. The second-order valence-corrected chi connectivity index (χ2v) is 3.99. The number of rotatable bonds is 9. The average molecular weight is 251 g/mol. The minimum atomic E-state index is -0.138. The lowest BCUT2D eigenvalue weighted by atomic mass is 10.2. The number of pyridine rings is 1. The molecule has 1 heterocycles. The number of carbonyl (C=O) groups excluding carboxylic acids is 1. The van der Waals surface area contributed by atoms with E-state index in [1.165, 1.54) is 5.56 Å². The quantitative estimate of drug-likeness (QED) is 0.499. The van der Waals surface area contributed by atoms with Crippen LogP contribution in [0.1, 0.15) is 31.7 Å². The van der Waals surface area contributed by atoms with Crippen LogP contribution in [0, 0.1) is 0 Å². The van der Waals surface area contributed by atoms with Crippen LogP contribution in [-0.2, 0) is 20.7 Å². The first-order valence-electron chi connectivity index (χ1n) is 6.45. The van der Waals surface area contributed by atoms with E-state index in [2.05, 4.69) is 4.98 Å². The third kappa shape index (κ3) is 7.01. The highest BCUT2D eigenvalue weighted by Gasteiger charge is 2.02. The van der Waals surface area contributed by atoms with Gasteiger partial charge in [0.05, 0.1) is 6.61 Å². The molecule has 1 rings (SSSR count). The average Bonchev–Trinajstić information content (AvgIpc) is 2.41. The maximum absolute atomic E-state index is 11.3. The lowest BCUT2D eigenvalue weighted by Crippen LogP contribution is -2.08. The molecule has 18 heavy (non-hydrogen) atoms. The normalized spacial score (nSPS) is 10.3. The highest BCUT2D eigenvalue weighted by molar-refractivity contribution is 5.69. The van der Waals surface area contributed by atoms with Crippen molar-refractivity contribution < 1.29 is 14.3 Å². The van der Waals surface area contributed by atoms with Crippen molar-refractivity contribution in [2.24, 2.45) is 0 Å². The van der Waals surface area contributed by atoms with E-state index < -0.39 is 0 Å². The summed E-state index contributed by atoms with van der Waals surface area (Å²) in [6.07, 6.45) is 6.48. The van der Waals surface area contributed by atoms with Crippen molar-refractivity contribution in [2.45, 2.75) is 32.6 Å². The maximum Gasteiger partial charge on any atom is 0.305 e. The number of aryl methyl sites for hydroxylation is 1. The first kappa shape index (κ1) is 14.6. The van der Waals surface area contributed by atoms with Crippen molar-refractivity contribution in [3.8, 4) is 0 Å². The van der Waals surface area contributed by atoms with Crippen LogP contribution in [-0.4, -0.2) is 30.8 Å². The van der Waals surface area contributed by atoms with Crippen molar-refractivity contribution in [1.29, 1.82) is 0 Å². The zero-order valence-electron chi connectivity index (χ0n) is 10.9. The standard InChI is InChI=1S/C14H21NO3/c1-2-17-10-5-8-14(16)18-11-4-7-13-6-3-9-15-12-13/h3,6,9,12H,2,4-5,7-8,10-11H2,1H3. The van der Waals surface area contributed by atoms with E-state index in [-0.39, 0.29) is 5.97 Å². The van der Waals surface area contributed by atoms with Crippen LogP contribution in [0.2, 0.25) is 0 Å². The molecule has 1 aromatic heterocycles. The van der Waals surface area contributed by atoms with E-state index in [0.29, 0.717) is 26.2 Å². The SMILES string of the molecule is CCOCCCC(=O)OCCCc1cccnc1. The molecule has 0 amide bonds. The molecule has 0 atom stereocenters. The molecule has 0 aliphatic heterocycles. The molecule has 0 aliphatic rings. The van der Waals surface area contributed by atoms with E-state index in [0.717, 1.165) is 19.3 Å². The summed E-state index contributed by atoms with van der Waals surface area (Å²) in [7, 11) is 0. The molecular formula is C14H21NO3. The molecule has 0 bridgehead atoms. The number of aromatic nitrogens is 1. The number of hydrogen-bond donors (Lipinski definition) is 0. The van der Waals surface area contributed by atoms with Gasteiger partial charge in [0.1, 0.15) is 0 Å². The summed E-state index contributed by atoms with van der Waals surface area (Å²) in [6, 6.07) is 3.94. The number of esters is 1. The zero-order chi connectivity index (χ0) is 13.1. The molecule has 0 saturated heterocycles. The Hall–Kier alpha value is -1.42. The van der Waals surface area contributed by atoms with Crippen molar-refractivity contribution in [2.75, 3.05) is 19.8 Å². The Bertz CT molecular complexity index is 327. The fraction of sp³-hybridized carbons (Fsp3) is 0.571. The lowest BCUT2D eigenvalue weighted by Gasteiger charge is -2.05. The summed E-state index contributed by atoms with van der Waals surface area (Å²) < 4.78 is 10.3. The van der Waals surface area contributed by atoms with Crippen LogP contribution in [0.5, 0.6) is 0 Å². The van der Waals surface area contributed by atoms with Gasteiger partial charge in [0.25, 0.3) is 0 Å². The topological polar surface area (TPSA) is 48.4 Å². The predicted molar refractivity (Wildman–Crippen MR) is 69.2 cm³/mol. The van der Waals surface area contributed by atoms with Gasteiger partial charge in [0, 0.05) is 32.0 Å². The number of carbonyl (C=O) groups is 1. The minimum absolute atomic E-state index is 0.138. The summed E-state index contributed by atoms with van der Waals surface area (Å²) in [5.41, 5.74) is 1.17. The summed E-state index contributed by atoms with van der Waals surface area (Å²) in [5.74, 6) is -0.138. The first-order chi connectivity index (χ1) is 8.83. The highest BCUT2D eigenvalue weighted by atomic mass is 16.5. The highest BCUT2D eigenvalue weighted by Crippen LogP contribution is 2.01. The Labute approximate surface area is 108 Å². The third-order valence-electron chi connectivity index (χ3n) is 2.47. The van der Waals surface area contributed by atoms with Gasteiger partial charge >= 0.3 is 5.97 Å².